The number of rotatable bonds is 3. The minimum Gasteiger partial charge on any atom is -0.368 e. The molecule has 0 bridgehead atoms. The molecule has 2 aromatic rings. The molecule has 24 heavy (non-hydrogen) atoms. The van der Waals surface area contributed by atoms with Crippen molar-refractivity contribution in [3.63, 3.8) is 0 Å². The van der Waals surface area contributed by atoms with E-state index in [9.17, 15) is 10.1 Å². The number of nitrogens with zero attached hydrogens (tertiary/aromatic N) is 4. The fourth-order valence-corrected chi connectivity index (χ4v) is 3.09. The summed E-state index contributed by atoms with van der Waals surface area (Å²) in [5, 5.41) is 11.2. The second-order valence-electron chi connectivity index (χ2n) is 5.89. The van der Waals surface area contributed by atoms with Gasteiger partial charge >= 0.3 is 0 Å². The highest BCUT2D eigenvalue weighted by molar-refractivity contribution is 5.80. The van der Waals surface area contributed by atoms with Crippen LogP contribution in [0.5, 0.6) is 0 Å². The van der Waals surface area contributed by atoms with Crippen LogP contribution in [0.2, 0.25) is 0 Å². The summed E-state index contributed by atoms with van der Waals surface area (Å²) >= 11 is 0. The molecule has 3 rings (SSSR count). The molecule has 1 atom stereocenters. The van der Waals surface area contributed by atoms with Gasteiger partial charge in [0.05, 0.1) is 22.6 Å². The molecule has 7 nitrogen and oxygen atoms in total. The van der Waals surface area contributed by atoms with Crippen molar-refractivity contribution in [1.29, 1.82) is 0 Å². The zero-order chi connectivity index (χ0) is 17.3. The van der Waals surface area contributed by atoms with Gasteiger partial charge in [0.1, 0.15) is 0 Å². The van der Waals surface area contributed by atoms with Gasteiger partial charge in [-0.15, -0.1) is 0 Å². The largest absolute Gasteiger partial charge is 0.368 e. The molecule has 0 amide bonds. The lowest BCUT2D eigenvalue weighted by atomic mass is 9.73. The van der Waals surface area contributed by atoms with Crippen LogP contribution in [0.15, 0.2) is 47.1 Å². The zero-order valence-corrected chi connectivity index (χ0v) is 13.4. The molecular formula is C17H17N5O2. The highest BCUT2D eigenvalue weighted by Crippen LogP contribution is 2.39. The number of dihydropyridines is 1. The van der Waals surface area contributed by atoms with E-state index in [0.717, 1.165) is 16.7 Å². The molecular weight excluding hydrogens is 306 g/mol. The van der Waals surface area contributed by atoms with E-state index in [2.05, 4.69) is 15.0 Å². The third kappa shape index (κ3) is 2.64. The van der Waals surface area contributed by atoms with Gasteiger partial charge in [0.25, 0.3) is 5.69 Å². The molecule has 2 N–H and O–H groups in total. The lowest BCUT2D eigenvalue weighted by Crippen LogP contribution is -2.34. The molecule has 0 radical (unpaired) electrons. The molecule has 1 aromatic heterocycles. The van der Waals surface area contributed by atoms with Gasteiger partial charge in [-0.3, -0.25) is 15.1 Å². The van der Waals surface area contributed by atoms with Gasteiger partial charge in [-0.05, 0) is 36.6 Å². The van der Waals surface area contributed by atoms with Crippen LogP contribution >= 0.6 is 0 Å². The van der Waals surface area contributed by atoms with Crippen LogP contribution < -0.4 is 5.73 Å². The number of hydrogen-bond acceptors (Lipinski definition) is 6. The highest BCUT2D eigenvalue weighted by atomic mass is 16.6. The number of nitro benzene ring substituents is 1. The Bertz CT molecular complexity index is 875. The van der Waals surface area contributed by atoms with Crippen molar-refractivity contribution in [1.82, 2.24) is 9.97 Å². The predicted octanol–water partition coefficient (Wildman–Crippen LogP) is 2.59. The maximum atomic E-state index is 11.2. The smallest absolute Gasteiger partial charge is 0.269 e. The second-order valence-corrected chi connectivity index (χ2v) is 5.89. The van der Waals surface area contributed by atoms with Gasteiger partial charge in [-0.25, -0.2) is 9.97 Å². The summed E-state index contributed by atoms with van der Waals surface area (Å²) in [6.45, 7) is 4.27. The molecule has 122 valence electrons. The van der Waals surface area contributed by atoms with Gasteiger partial charge < -0.3 is 5.73 Å². The van der Waals surface area contributed by atoms with Crippen molar-refractivity contribution in [3.05, 3.63) is 69.0 Å². The molecule has 1 unspecified atom stereocenters. The van der Waals surface area contributed by atoms with E-state index >= 15 is 0 Å². The average Bonchev–Trinajstić information content (AvgIpc) is 2.55. The third-order valence-electron chi connectivity index (χ3n) is 4.15. The first-order valence-corrected chi connectivity index (χ1v) is 7.46. The Morgan fingerprint density at radius 2 is 2.08 bits per heavy atom. The van der Waals surface area contributed by atoms with E-state index in [-0.39, 0.29) is 11.6 Å². The summed E-state index contributed by atoms with van der Waals surface area (Å²) in [5.74, 6) is 0.163. The molecule has 0 aliphatic carbocycles. The standard InChI is InChI=1S/C17H17N5O2/c1-11-8-17(10-19-9-11,15-5-6-20-16(18)21-15)14-7-13(22(23)24)4-3-12(14)2/h3-9H,10H2,1-2H3,(H2,18,20,21). The monoisotopic (exact) mass is 323 g/mol. The topological polar surface area (TPSA) is 107 Å². The number of nitro groups is 1. The molecule has 0 saturated heterocycles. The van der Waals surface area contributed by atoms with Crippen molar-refractivity contribution in [2.45, 2.75) is 19.3 Å². The SMILES string of the molecule is CC1=CC(c2ccnc(N)n2)(c2cc([N+](=O)[O-])ccc2C)CN=C1. The van der Waals surface area contributed by atoms with Crippen LogP contribution in [0, 0.1) is 17.0 Å². The summed E-state index contributed by atoms with van der Waals surface area (Å²) in [6, 6.07) is 6.63. The summed E-state index contributed by atoms with van der Waals surface area (Å²) in [7, 11) is 0. The Balaban J connectivity index is 2.30. The maximum absolute atomic E-state index is 11.2. The van der Waals surface area contributed by atoms with E-state index in [1.54, 1.807) is 30.6 Å². The van der Waals surface area contributed by atoms with Crippen LogP contribution in [0.4, 0.5) is 11.6 Å². The number of aromatic nitrogens is 2. The molecule has 7 heteroatoms. The third-order valence-corrected chi connectivity index (χ3v) is 4.15. The van der Waals surface area contributed by atoms with E-state index in [1.807, 2.05) is 19.9 Å². The average molecular weight is 323 g/mol. The maximum Gasteiger partial charge on any atom is 0.269 e. The minimum atomic E-state index is -0.702. The predicted molar refractivity (Wildman–Crippen MR) is 92.2 cm³/mol. The lowest BCUT2D eigenvalue weighted by molar-refractivity contribution is -0.385. The summed E-state index contributed by atoms with van der Waals surface area (Å²) in [5.41, 5.74) is 8.47. The van der Waals surface area contributed by atoms with Crippen LogP contribution in [0.1, 0.15) is 23.7 Å². The van der Waals surface area contributed by atoms with Gasteiger partial charge in [0.15, 0.2) is 0 Å². The molecule has 1 aromatic carbocycles. The van der Waals surface area contributed by atoms with Crippen LogP contribution in [-0.2, 0) is 5.41 Å². The first-order valence-electron chi connectivity index (χ1n) is 7.46. The van der Waals surface area contributed by atoms with Crippen molar-refractivity contribution >= 4 is 17.9 Å². The Kier molecular flexibility index (Phi) is 3.84. The van der Waals surface area contributed by atoms with Gasteiger partial charge in [-0.1, -0.05) is 12.1 Å². The molecule has 0 saturated carbocycles. The number of nitrogens with two attached hydrogens (primary N) is 1. The second kappa shape index (κ2) is 5.84. The molecule has 1 aliphatic rings. The van der Waals surface area contributed by atoms with Gasteiger partial charge in [0, 0.05) is 24.5 Å². The Hall–Kier alpha value is -3.09. The summed E-state index contributed by atoms with van der Waals surface area (Å²) < 4.78 is 0. The quantitative estimate of drug-likeness (QED) is 0.690. The number of anilines is 1. The molecule has 2 heterocycles. The molecule has 0 spiro atoms. The number of nitrogen functional groups attached to an aromatic ring is 1. The lowest BCUT2D eigenvalue weighted by Gasteiger charge is -2.33. The van der Waals surface area contributed by atoms with Crippen molar-refractivity contribution in [2.75, 3.05) is 12.3 Å². The molecule has 1 aliphatic heterocycles. The first kappa shape index (κ1) is 15.8. The van der Waals surface area contributed by atoms with Gasteiger partial charge in [-0.2, -0.15) is 0 Å². The number of benzene rings is 1. The van der Waals surface area contributed by atoms with E-state index in [1.165, 1.54) is 6.07 Å². The van der Waals surface area contributed by atoms with Gasteiger partial charge in [0.2, 0.25) is 5.95 Å². The van der Waals surface area contributed by atoms with Crippen LogP contribution in [0.25, 0.3) is 0 Å². The number of aliphatic imine (C=N–C) groups is 1. The van der Waals surface area contributed by atoms with Crippen molar-refractivity contribution < 1.29 is 4.92 Å². The van der Waals surface area contributed by atoms with Crippen LogP contribution in [0.3, 0.4) is 0 Å². The van der Waals surface area contributed by atoms with E-state index in [0.29, 0.717) is 12.2 Å². The molecule has 0 fully saturated rings. The summed E-state index contributed by atoms with van der Waals surface area (Å²) in [6.07, 6.45) is 5.41. The fourth-order valence-electron chi connectivity index (χ4n) is 3.09. The minimum absolute atomic E-state index is 0.0395. The number of allylic oxidation sites excluding steroid dienone is 1. The summed E-state index contributed by atoms with van der Waals surface area (Å²) in [4.78, 5) is 23.6. The Morgan fingerprint density at radius 1 is 1.29 bits per heavy atom. The number of hydrogen-bond donors (Lipinski definition) is 1. The van der Waals surface area contributed by atoms with Crippen molar-refractivity contribution in [3.8, 4) is 0 Å². The normalized spacial score (nSPS) is 19.8. The number of aryl methyl sites for hydroxylation is 1. The fraction of sp³-hybridized carbons (Fsp3) is 0.235. The van der Waals surface area contributed by atoms with Crippen LogP contribution in [-0.4, -0.2) is 27.7 Å². The Morgan fingerprint density at radius 3 is 2.75 bits per heavy atom. The Labute approximate surface area is 139 Å². The zero-order valence-electron chi connectivity index (χ0n) is 13.4. The first-order chi connectivity index (χ1) is 11.4. The highest BCUT2D eigenvalue weighted by Gasteiger charge is 2.37. The van der Waals surface area contributed by atoms with Crippen molar-refractivity contribution in [2.24, 2.45) is 4.99 Å². The van der Waals surface area contributed by atoms with E-state index < -0.39 is 10.3 Å². The number of non-ortho nitro benzene ring substituents is 1. The van der Waals surface area contributed by atoms with E-state index in [4.69, 9.17) is 5.73 Å².